The van der Waals surface area contributed by atoms with Crippen LogP contribution in [0.2, 0.25) is 0 Å². The number of anilines is 1. The molecular formula is C22H26N2O3. The molecule has 1 heterocycles. The van der Waals surface area contributed by atoms with Gasteiger partial charge in [-0.1, -0.05) is 18.2 Å². The second-order valence-corrected chi connectivity index (χ2v) is 7.06. The smallest absolute Gasteiger partial charge is 0.227 e. The van der Waals surface area contributed by atoms with Crippen molar-refractivity contribution in [1.29, 1.82) is 0 Å². The van der Waals surface area contributed by atoms with Gasteiger partial charge in [-0.15, -0.1) is 0 Å². The molecule has 3 rings (SSSR count). The van der Waals surface area contributed by atoms with Crippen LogP contribution in [0.3, 0.4) is 0 Å². The van der Waals surface area contributed by atoms with E-state index in [4.69, 9.17) is 4.74 Å². The molecule has 0 bridgehead atoms. The van der Waals surface area contributed by atoms with Crippen LogP contribution in [0, 0.1) is 19.8 Å². The minimum Gasteiger partial charge on any atom is -0.497 e. The molecule has 27 heavy (non-hydrogen) atoms. The first kappa shape index (κ1) is 19.0. The van der Waals surface area contributed by atoms with Gasteiger partial charge in [0.05, 0.1) is 13.0 Å². The van der Waals surface area contributed by atoms with Crippen LogP contribution in [0.4, 0.5) is 5.69 Å². The quantitative estimate of drug-likeness (QED) is 0.855. The van der Waals surface area contributed by atoms with Gasteiger partial charge in [0.1, 0.15) is 5.75 Å². The minimum absolute atomic E-state index is 0.00792. The molecule has 2 aromatic rings. The van der Waals surface area contributed by atoms with E-state index < -0.39 is 0 Å². The topological polar surface area (TPSA) is 58.6 Å². The number of hydrogen-bond donors (Lipinski definition) is 1. The number of ether oxygens (including phenoxy) is 1. The second kappa shape index (κ2) is 8.25. The van der Waals surface area contributed by atoms with E-state index in [1.807, 2.05) is 56.3 Å². The molecule has 2 aromatic carbocycles. The lowest BCUT2D eigenvalue weighted by Gasteiger charge is -2.18. The number of benzene rings is 2. The number of hydrogen-bond acceptors (Lipinski definition) is 3. The molecule has 1 unspecified atom stereocenters. The maximum Gasteiger partial charge on any atom is 0.227 e. The van der Waals surface area contributed by atoms with Gasteiger partial charge in [-0.3, -0.25) is 9.59 Å². The minimum atomic E-state index is -0.296. The molecule has 5 heteroatoms. The van der Waals surface area contributed by atoms with E-state index in [-0.39, 0.29) is 24.2 Å². The van der Waals surface area contributed by atoms with Crippen LogP contribution in [-0.2, 0) is 16.0 Å². The first-order valence-electron chi connectivity index (χ1n) is 9.26. The molecule has 1 saturated heterocycles. The van der Waals surface area contributed by atoms with Gasteiger partial charge in [-0.25, -0.2) is 0 Å². The van der Waals surface area contributed by atoms with Gasteiger partial charge < -0.3 is 15.0 Å². The summed E-state index contributed by atoms with van der Waals surface area (Å²) in [6.45, 7) is 5.07. The Labute approximate surface area is 160 Å². The lowest BCUT2D eigenvalue weighted by molar-refractivity contribution is -0.126. The van der Waals surface area contributed by atoms with Gasteiger partial charge >= 0.3 is 0 Å². The summed E-state index contributed by atoms with van der Waals surface area (Å²) in [5.41, 5.74) is 4.35. The zero-order chi connectivity index (χ0) is 19.4. The summed E-state index contributed by atoms with van der Waals surface area (Å²) in [6.07, 6.45) is 1.01. The molecule has 142 valence electrons. The highest BCUT2D eigenvalue weighted by Crippen LogP contribution is 2.27. The second-order valence-electron chi connectivity index (χ2n) is 7.06. The maximum atomic E-state index is 12.5. The molecule has 1 N–H and O–H groups in total. The number of amides is 2. The highest BCUT2D eigenvalue weighted by atomic mass is 16.5. The Morgan fingerprint density at radius 2 is 1.89 bits per heavy atom. The first-order valence-corrected chi connectivity index (χ1v) is 9.26. The summed E-state index contributed by atoms with van der Waals surface area (Å²) in [4.78, 5) is 26.6. The Hall–Kier alpha value is -2.82. The molecule has 5 nitrogen and oxygen atoms in total. The zero-order valence-electron chi connectivity index (χ0n) is 16.1. The Morgan fingerprint density at radius 1 is 1.15 bits per heavy atom. The number of rotatable bonds is 6. The van der Waals surface area contributed by atoms with Crippen molar-refractivity contribution < 1.29 is 14.3 Å². The number of aryl methyl sites for hydroxylation is 2. The maximum absolute atomic E-state index is 12.5. The molecule has 1 atom stereocenters. The summed E-state index contributed by atoms with van der Waals surface area (Å²) >= 11 is 0. The largest absolute Gasteiger partial charge is 0.497 e. The molecule has 2 amide bonds. The monoisotopic (exact) mass is 366 g/mol. The molecular weight excluding hydrogens is 340 g/mol. The van der Waals surface area contributed by atoms with Crippen LogP contribution < -0.4 is 15.0 Å². The van der Waals surface area contributed by atoms with Crippen molar-refractivity contribution in [3.63, 3.8) is 0 Å². The van der Waals surface area contributed by atoms with E-state index in [2.05, 4.69) is 5.32 Å². The van der Waals surface area contributed by atoms with Gasteiger partial charge in [0.2, 0.25) is 11.8 Å². The Balaban J connectivity index is 1.53. The molecule has 0 saturated carbocycles. The molecule has 0 spiro atoms. The average Bonchev–Trinajstić information content (AvgIpc) is 3.06. The van der Waals surface area contributed by atoms with E-state index in [1.165, 1.54) is 5.56 Å². The Bertz CT molecular complexity index is 830. The Kier molecular flexibility index (Phi) is 5.79. The van der Waals surface area contributed by atoms with Crippen LogP contribution in [0.1, 0.15) is 23.1 Å². The summed E-state index contributed by atoms with van der Waals surface area (Å²) in [5.74, 6) is 0.477. The normalized spacial score (nSPS) is 16.5. The fourth-order valence-corrected chi connectivity index (χ4v) is 3.29. The molecule has 1 aliphatic rings. The van der Waals surface area contributed by atoms with Crippen molar-refractivity contribution in [1.82, 2.24) is 5.32 Å². The third-order valence-electron chi connectivity index (χ3n) is 5.17. The van der Waals surface area contributed by atoms with E-state index in [0.29, 0.717) is 13.1 Å². The van der Waals surface area contributed by atoms with Gasteiger partial charge in [0.25, 0.3) is 0 Å². The fourth-order valence-electron chi connectivity index (χ4n) is 3.29. The SMILES string of the molecule is COc1ccc(CCNC(=O)C2CC(=O)N(c3ccc(C)c(C)c3)C2)cc1. The molecule has 1 aliphatic heterocycles. The molecule has 0 aromatic heterocycles. The van der Waals surface area contributed by atoms with Crippen molar-refractivity contribution >= 4 is 17.5 Å². The standard InChI is InChI=1S/C22H26N2O3/c1-15-4-7-19(12-16(15)2)24-14-18(13-21(24)25)22(26)23-11-10-17-5-8-20(27-3)9-6-17/h4-9,12,18H,10-11,13-14H2,1-3H3,(H,23,26). The number of carbonyl (C=O) groups is 2. The highest BCUT2D eigenvalue weighted by molar-refractivity contribution is 6.00. The van der Waals surface area contributed by atoms with Crippen molar-refractivity contribution in [2.75, 3.05) is 25.1 Å². The van der Waals surface area contributed by atoms with Crippen LogP contribution in [0.25, 0.3) is 0 Å². The summed E-state index contributed by atoms with van der Waals surface area (Å²) in [5, 5.41) is 2.97. The van der Waals surface area contributed by atoms with Crippen molar-refractivity contribution in [3.05, 3.63) is 59.2 Å². The third-order valence-corrected chi connectivity index (χ3v) is 5.17. The van der Waals surface area contributed by atoms with Gasteiger partial charge in [0, 0.05) is 25.2 Å². The van der Waals surface area contributed by atoms with Crippen molar-refractivity contribution in [2.45, 2.75) is 26.7 Å². The summed E-state index contributed by atoms with van der Waals surface area (Å²) in [7, 11) is 1.64. The van der Waals surface area contributed by atoms with E-state index in [1.54, 1.807) is 12.0 Å². The molecule has 0 radical (unpaired) electrons. The summed E-state index contributed by atoms with van der Waals surface area (Å²) in [6, 6.07) is 13.8. The van der Waals surface area contributed by atoms with Gasteiger partial charge in [-0.05, 0) is 61.2 Å². The van der Waals surface area contributed by atoms with Gasteiger partial charge in [-0.2, -0.15) is 0 Å². The van der Waals surface area contributed by atoms with E-state index >= 15 is 0 Å². The summed E-state index contributed by atoms with van der Waals surface area (Å²) < 4.78 is 5.14. The van der Waals surface area contributed by atoms with Crippen LogP contribution >= 0.6 is 0 Å². The third kappa shape index (κ3) is 4.48. The molecule has 0 aliphatic carbocycles. The van der Waals surface area contributed by atoms with Crippen molar-refractivity contribution in [2.24, 2.45) is 5.92 Å². The fraction of sp³-hybridized carbons (Fsp3) is 0.364. The number of nitrogens with zero attached hydrogens (tertiary/aromatic N) is 1. The Morgan fingerprint density at radius 3 is 2.56 bits per heavy atom. The van der Waals surface area contributed by atoms with E-state index in [0.717, 1.165) is 29.0 Å². The van der Waals surface area contributed by atoms with Gasteiger partial charge in [0.15, 0.2) is 0 Å². The molecule has 1 fully saturated rings. The number of carbonyl (C=O) groups excluding carboxylic acids is 2. The predicted molar refractivity (Wildman–Crippen MR) is 106 cm³/mol. The lowest BCUT2D eigenvalue weighted by Crippen LogP contribution is -2.34. The van der Waals surface area contributed by atoms with Crippen LogP contribution in [0.5, 0.6) is 5.75 Å². The first-order chi connectivity index (χ1) is 13.0. The van der Waals surface area contributed by atoms with Crippen molar-refractivity contribution in [3.8, 4) is 5.75 Å². The van der Waals surface area contributed by atoms with Crippen LogP contribution in [-0.4, -0.2) is 32.0 Å². The number of methoxy groups -OCH3 is 1. The van der Waals surface area contributed by atoms with E-state index in [9.17, 15) is 9.59 Å². The van der Waals surface area contributed by atoms with Crippen LogP contribution in [0.15, 0.2) is 42.5 Å². The average molecular weight is 366 g/mol. The highest BCUT2D eigenvalue weighted by Gasteiger charge is 2.35. The predicted octanol–water partition coefficient (Wildman–Crippen LogP) is 3.02. The zero-order valence-corrected chi connectivity index (χ0v) is 16.1. The lowest BCUT2D eigenvalue weighted by atomic mass is 10.1. The number of nitrogens with one attached hydrogen (secondary N) is 1.